The van der Waals surface area contributed by atoms with Gasteiger partial charge in [-0.2, -0.15) is 0 Å². The molecule has 13 heavy (non-hydrogen) atoms. The van der Waals surface area contributed by atoms with E-state index >= 15 is 0 Å². The van der Waals surface area contributed by atoms with Crippen LogP contribution in [-0.2, 0) is 9.53 Å². The van der Waals surface area contributed by atoms with Crippen molar-refractivity contribution in [1.29, 1.82) is 0 Å². The Kier molecular flexibility index (Phi) is 3.52. The van der Waals surface area contributed by atoms with Gasteiger partial charge in [0.15, 0.2) is 0 Å². The van der Waals surface area contributed by atoms with Gasteiger partial charge in [-0.3, -0.25) is 0 Å². The normalized spacial score (nSPS) is 17.2. The molecule has 0 heterocycles. The molecule has 0 spiro atoms. The van der Waals surface area contributed by atoms with E-state index in [1.807, 2.05) is 20.8 Å². The zero-order valence-corrected chi connectivity index (χ0v) is 8.72. The maximum absolute atomic E-state index is 11.5. The van der Waals surface area contributed by atoms with Gasteiger partial charge in [0.1, 0.15) is 6.10 Å². The quantitative estimate of drug-likeness (QED) is 0.485. The average molecular weight is 182 g/mol. The third-order valence-electron chi connectivity index (χ3n) is 2.63. The summed E-state index contributed by atoms with van der Waals surface area (Å²) in [7, 11) is 0. The van der Waals surface area contributed by atoms with Gasteiger partial charge in [0.2, 0.25) is 0 Å². The maximum atomic E-state index is 11.5. The van der Waals surface area contributed by atoms with Crippen LogP contribution >= 0.6 is 0 Å². The van der Waals surface area contributed by atoms with Crippen molar-refractivity contribution in [2.45, 2.75) is 52.6 Å². The monoisotopic (exact) mass is 182 g/mol. The highest BCUT2D eigenvalue weighted by atomic mass is 16.5. The van der Waals surface area contributed by atoms with Gasteiger partial charge >= 0.3 is 5.97 Å². The molecule has 1 aliphatic rings. The zero-order valence-electron chi connectivity index (χ0n) is 8.72. The number of rotatable bonds is 2. The number of esters is 1. The van der Waals surface area contributed by atoms with Crippen LogP contribution in [0.5, 0.6) is 0 Å². The minimum atomic E-state index is -0.132. The smallest absolute Gasteiger partial charge is 0.333 e. The first kappa shape index (κ1) is 10.3. The minimum absolute atomic E-state index is 0.132. The van der Waals surface area contributed by atoms with E-state index in [1.165, 1.54) is 12.8 Å². The molecule has 1 aliphatic carbocycles. The highest BCUT2D eigenvalue weighted by Crippen LogP contribution is 2.22. The van der Waals surface area contributed by atoms with Crippen molar-refractivity contribution in [1.82, 2.24) is 0 Å². The molecule has 0 aromatic carbocycles. The summed E-state index contributed by atoms with van der Waals surface area (Å²) in [5.74, 6) is -0.132. The van der Waals surface area contributed by atoms with E-state index in [0.717, 1.165) is 24.0 Å². The van der Waals surface area contributed by atoms with Crippen molar-refractivity contribution in [3.05, 3.63) is 11.1 Å². The molecule has 2 nitrogen and oxygen atoms in total. The lowest BCUT2D eigenvalue weighted by molar-refractivity contribution is -0.143. The Hall–Kier alpha value is -0.790. The molecule has 0 saturated heterocycles. The summed E-state index contributed by atoms with van der Waals surface area (Å²) in [5.41, 5.74) is 1.80. The summed E-state index contributed by atoms with van der Waals surface area (Å²) in [6.45, 7) is 5.70. The summed E-state index contributed by atoms with van der Waals surface area (Å²) >= 11 is 0. The van der Waals surface area contributed by atoms with E-state index in [-0.39, 0.29) is 12.1 Å². The Morgan fingerprint density at radius 1 is 1.15 bits per heavy atom. The van der Waals surface area contributed by atoms with Crippen LogP contribution < -0.4 is 0 Å². The molecule has 74 valence electrons. The molecule has 0 amide bonds. The Bertz CT molecular complexity index is 218. The second-order valence-corrected chi connectivity index (χ2v) is 3.94. The zero-order chi connectivity index (χ0) is 9.84. The Labute approximate surface area is 80.0 Å². The molecule has 0 aromatic rings. The van der Waals surface area contributed by atoms with Gasteiger partial charge in [0, 0.05) is 5.57 Å². The summed E-state index contributed by atoms with van der Waals surface area (Å²) < 4.78 is 5.34. The van der Waals surface area contributed by atoms with Gasteiger partial charge in [0.05, 0.1) is 0 Å². The predicted molar refractivity (Wildman–Crippen MR) is 52.4 cm³/mol. The molecule has 1 fully saturated rings. The maximum Gasteiger partial charge on any atom is 0.333 e. The molecule has 0 atom stereocenters. The first-order valence-corrected chi connectivity index (χ1v) is 4.96. The van der Waals surface area contributed by atoms with Crippen LogP contribution in [0.15, 0.2) is 11.1 Å². The second-order valence-electron chi connectivity index (χ2n) is 3.94. The SMILES string of the molecule is CC(C)=C(C)C(=O)OC1CCCC1. The molecule has 2 heteroatoms. The van der Waals surface area contributed by atoms with E-state index in [1.54, 1.807) is 0 Å². The van der Waals surface area contributed by atoms with Gasteiger partial charge in [-0.25, -0.2) is 4.79 Å². The first-order chi connectivity index (χ1) is 6.11. The third-order valence-corrected chi connectivity index (χ3v) is 2.63. The summed E-state index contributed by atoms with van der Waals surface area (Å²) in [4.78, 5) is 11.5. The number of ether oxygens (including phenoxy) is 1. The molecule has 0 radical (unpaired) electrons. The van der Waals surface area contributed by atoms with Crippen LogP contribution in [0.2, 0.25) is 0 Å². The molecular formula is C11H18O2. The molecule has 0 unspecified atom stereocenters. The van der Waals surface area contributed by atoms with Gasteiger partial charge in [0.25, 0.3) is 0 Å². The van der Waals surface area contributed by atoms with Gasteiger partial charge < -0.3 is 4.74 Å². The van der Waals surface area contributed by atoms with Crippen molar-refractivity contribution >= 4 is 5.97 Å². The van der Waals surface area contributed by atoms with E-state index in [9.17, 15) is 4.79 Å². The molecule has 0 aromatic heterocycles. The van der Waals surface area contributed by atoms with Crippen molar-refractivity contribution in [2.24, 2.45) is 0 Å². The lowest BCUT2D eigenvalue weighted by atomic mass is 10.2. The Morgan fingerprint density at radius 2 is 1.69 bits per heavy atom. The van der Waals surface area contributed by atoms with E-state index < -0.39 is 0 Å². The third kappa shape index (κ3) is 2.87. The standard InChI is InChI=1S/C11H18O2/c1-8(2)9(3)11(12)13-10-6-4-5-7-10/h10H,4-7H2,1-3H3. The number of allylic oxidation sites excluding steroid dienone is 1. The van der Waals surface area contributed by atoms with Crippen LogP contribution in [0.25, 0.3) is 0 Å². The molecular weight excluding hydrogens is 164 g/mol. The summed E-state index contributed by atoms with van der Waals surface area (Å²) in [6.07, 6.45) is 4.67. The van der Waals surface area contributed by atoms with Crippen LogP contribution in [0, 0.1) is 0 Å². The van der Waals surface area contributed by atoms with Crippen LogP contribution in [0.3, 0.4) is 0 Å². The summed E-state index contributed by atoms with van der Waals surface area (Å²) in [5, 5.41) is 0. The number of hydrogen-bond acceptors (Lipinski definition) is 2. The van der Waals surface area contributed by atoms with E-state index in [2.05, 4.69) is 0 Å². The van der Waals surface area contributed by atoms with Gasteiger partial charge in [-0.1, -0.05) is 5.57 Å². The van der Waals surface area contributed by atoms with Gasteiger partial charge in [-0.15, -0.1) is 0 Å². The number of carbonyl (C=O) groups is 1. The van der Waals surface area contributed by atoms with Crippen molar-refractivity contribution < 1.29 is 9.53 Å². The lowest BCUT2D eigenvalue weighted by Gasteiger charge is -2.11. The minimum Gasteiger partial charge on any atom is -0.459 e. The summed E-state index contributed by atoms with van der Waals surface area (Å²) in [6, 6.07) is 0. The lowest BCUT2D eigenvalue weighted by Crippen LogP contribution is -2.15. The molecule has 1 rings (SSSR count). The fourth-order valence-corrected chi connectivity index (χ4v) is 1.45. The molecule has 1 saturated carbocycles. The molecule has 0 bridgehead atoms. The highest BCUT2D eigenvalue weighted by Gasteiger charge is 2.19. The Balaban J connectivity index is 2.45. The molecule has 0 aliphatic heterocycles. The van der Waals surface area contributed by atoms with Crippen LogP contribution in [0.1, 0.15) is 46.5 Å². The number of hydrogen-bond donors (Lipinski definition) is 0. The van der Waals surface area contributed by atoms with Crippen LogP contribution in [-0.4, -0.2) is 12.1 Å². The second kappa shape index (κ2) is 4.45. The van der Waals surface area contributed by atoms with Crippen molar-refractivity contribution in [3.8, 4) is 0 Å². The Morgan fingerprint density at radius 3 is 2.15 bits per heavy atom. The molecule has 0 N–H and O–H groups in total. The van der Waals surface area contributed by atoms with Crippen molar-refractivity contribution in [3.63, 3.8) is 0 Å². The first-order valence-electron chi connectivity index (χ1n) is 4.96. The highest BCUT2D eigenvalue weighted by molar-refractivity contribution is 5.88. The van der Waals surface area contributed by atoms with E-state index in [4.69, 9.17) is 4.74 Å². The fourth-order valence-electron chi connectivity index (χ4n) is 1.45. The van der Waals surface area contributed by atoms with E-state index in [0.29, 0.717) is 0 Å². The van der Waals surface area contributed by atoms with Gasteiger partial charge in [-0.05, 0) is 46.5 Å². The fraction of sp³-hybridized carbons (Fsp3) is 0.727. The van der Waals surface area contributed by atoms with Crippen molar-refractivity contribution in [2.75, 3.05) is 0 Å². The number of carbonyl (C=O) groups excluding carboxylic acids is 1. The largest absolute Gasteiger partial charge is 0.459 e. The topological polar surface area (TPSA) is 26.3 Å². The average Bonchev–Trinajstić information content (AvgIpc) is 2.55. The van der Waals surface area contributed by atoms with Crippen LogP contribution in [0.4, 0.5) is 0 Å². The predicted octanol–water partition coefficient (Wildman–Crippen LogP) is 2.83.